The normalized spacial score (nSPS) is 12.1. The Morgan fingerprint density at radius 1 is 1.18 bits per heavy atom. The average Bonchev–Trinajstić information content (AvgIpc) is 3.23. The maximum Gasteiger partial charge on any atom is 0.326 e. The maximum absolute atomic E-state index is 13.2. The molecule has 0 saturated carbocycles. The van der Waals surface area contributed by atoms with Gasteiger partial charge in [0.05, 0.1) is 12.7 Å². The molecule has 0 aliphatic rings. The number of hydrogen-bond acceptors (Lipinski definition) is 4. The average molecular weight is 498 g/mol. The second-order valence-electron chi connectivity index (χ2n) is 7.79. The third-order valence-corrected chi connectivity index (χ3v) is 6.45. The van der Waals surface area contributed by atoms with Crippen LogP contribution in [0.25, 0.3) is 0 Å². The number of aliphatic carboxylic acids is 1. The molecule has 0 fully saturated rings. The summed E-state index contributed by atoms with van der Waals surface area (Å²) >= 11 is 7.79. The molecule has 0 aliphatic carbocycles. The molecule has 2 aromatic carbocycles. The number of hydrogen-bond donors (Lipinski definition) is 2. The lowest BCUT2D eigenvalue weighted by atomic mass is 10.1. The molecule has 0 saturated heterocycles. The van der Waals surface area contributed by atoms with E-state index >= 15 is 0 Å². The number of benzene rings is 2. The Balaban J connectivity index is 1.84. The predicted molar refractivity (Wildman–Crippen MR) is 136 cm³/mol. The Kier molecular flexibility index (Phi) is 9.79. The second kappa shape index (κ2) is 13.0. The molecular formula is C26H28ClN3O3S. The first-order chi connectivity index (χ1) is 16.5. The second-order valence-corrected chi connectivity index (χ2v) is 9.07. The molecule has 8 heteroatoms. The van der Waals surface area contributed by atoms with Gasteiger partial charge in [-0.1, -0.05) is 97.7 Å². The standard InChI is InChI=1S/C26H28ClN3O3S/c1-2-3-4-10-15-34-26-28-17-23(30(26)18-20-13-8-9-14-21(20)27)24(31)29-22(25(32)33)16-19-11-6-5-7-12-19/h5-15,17,22H,2-4,16,18H2,1H3,(H,29,31)(H,32,33)/t22-/m0/s1. The van der Waals surface area contributed by atoms with Crippen LogP contribution >= 0.6 is 23.4 Å². The first kappa shape index (κ1) is 25.6. The molecule has 0 bridgehead atoms. The van der Waals surface area contributed by atoms with Crippen molar-refractivity contribution in [1.29, 1.82) is 0 Å². The Labute approximate surface area is 209 Å². The molecule has 1 amide bonds. The number of thioether (sulfide) groups is 1. The zero-order valence-electron chi connectivity index (χ0n) is 19.0. The molecule has 1 aromatic heterocycles. The van der Waals surface area contributed by atoms with Crippen LogP contribution in [-0.4, -0.2) is 32.6 Å². The number of allylic oxidation sites excluding steroid dienone is 1. The zero-order chi connectivity index (χ0) is 24.3. The summed E-state index contributed by atoms with van der Waals surface area (Å²) in [6.45, 7) is 2.48. The monoisotopic (exact) mass is 497 g/mol. The summed E-state index contributed by atoms with van der Waals surface area (Å²) in [5.74, 6) is -1.59. The van der Waals surface area contributed by atoms with Crippen molar-refractivity contribution in [2.75, 3.05) is 0 Å². The quantitative estimate of drug-likeness (QED) is 0.244. The van der Waals surface area contributed by atoms with Crippen molar-refractivity contribution in [3.05, 3.63) is 94.1 Å². The molecule has 0 spiro atoms. The van der Waals surface area contributed by atoms with Crippen molar-refractivity contribution in [3.63, 3.8) is 0 Å². The first-order valence-electron chi connectivity index (χ1n) is 11.2. The van der Waals surface area contributed by atoms with Gasteiger partial charge >= 0.3 is 5.97 Å². The number of imidazole rings is 1. The van der Waals surface area contributed by atoms with Crippen LogP contribution in [0.2, 0.25) is 5.02 Å². The first-order valence-corrected chi connectivity index (χ1v) is 12.4. The molecule has 2 N–H and O–H groups in total. The summed E-state index contributed by atoms with van der Waals surface area (Å²) in [7, 11) is 0. The van der Waals surface area contributed by atoms with Crippen molar-refractivity contribution in [2.45, 2.75) is 50.4 Å². The van der Waals surface area contributed by atoms with Crippen molar-refractivity contribution in [1.82, 2.24) is 14.9 Å². The van der Waals surface area contributed by atoms with Gasteiger partial charge in [-0.25, -0.2) is 9.78 Å². The van der Waals surface area contributed by atoms with Crippen molar-refractivity contribution in [2.24, 2.45) is 0 Å². The highest BCUT2D eigenvalue weighted by atomic mass is 35.5. The number of nitrogens with zero attached hydrogens (tertiary/aromatic N) is 2. The number of halogens is 1. The van der Waals surface area contributed by atoms with E-state index in [1.165, 1.54) is 18.0 Å². The number of carboxylic acid groups (broad SMARTS) is 1. The smallest absolute Gasteiger partial charge is 0.326 e. The van der Waals surface area contributed by atoms with Gasteiger partial charge in [-0.15, -0.1) is 0 Å². The van der Waals surface area contributed by atoms with Crippen LogP contribution in [-0.2, 0) is 17.8 Å². The van der Waals surface area contributed by atoms with Crippen molar-refractivity contribution in [3.8, 4) is 0 Å². The van der Waals surface area contributed by atoms with E-state index in [0.29, 0.717) is 16.7 Å². The summed E-state index contributed by atoms with van der Waals surface area (Å²) in [5.41, 5.74) is 1.95. The van der Waals surface area contributed by atoms with Crippen molar-refractivity contribution >= 4 is 35.2 Å². The van der Waals surface area contributed by atoms with Gasteiger partial charge in [0.2, 0.25) is 0 Å². The third kappa shape index (κ3) is 7.23. The van der Waals surface area contributed by atoms with Crippen LogP contribution in [0, 0.1) is 0 Å². The van der Waals surface area contributed by atoms with Gasteiger partial charge < -0.3 is 15.0 Å². The van der Waals surface area contributed by atoms with Gasteiger partial charge in [-0.3, -0.25) is 4.79 Å². The van der Waals surface area contributed by atoms with E-state index in [-0.39, 0.29) is 12.1 Å². The number of carbonyl (C=O) groups excluding carboxylic acids is 1. The van der Waals surface area contributed by atoms with Gasteiger partial charge in [0.15, 0.2) is 5.16 Å². The van der Waals surface area contributed by atoms with Gasteiger partial charge in [0.25, 0.3) is 5.91 Å². The van der Waals surface area contributed by atoms with E-state index < -0.39 is 17.9 Å². The van der Waals surface area contributed by atoms with E-state index in [4.69, 9.17) is 11.6 Å². The van der Waals surface area contributed by atoms with E-state index in [2.05, 4.69) is 23.3 Å². The van der Waals surface area contributed by atoms with E-state index in [1.54, 1.807) is 10.6 Å². The summed E-state index contributed by atoms with van der Waals surface area (Å²) in [6, 6.07) is 15.6. The third-order valence-electron chi connectivity index (χ3n) is 5.22. The number of carboxylic acids is 1. The van der Waals surface area contributed by atoms with Gasteiger partial charge in [-0.2, -0.15) is 0 Å². The highest BCUT2D eigenvalue weighted by molar-refractivity contribution is 8.02. The lowest BCUT2D eigenvalue weighted by molar-refractivity contribution is -0.139. The molecule has 6 nitrogen and oxygen atoms in total. The fourth-order valence-corrected chi connectivity index (χ4v) is 4.32. The molecule has 3 aromatic rings. The molecule has 0 aliphatic heterocycles. The van der Waals surface area contributed by atoms with Gasteiger partial charge in [0.1, 0.15) is 11.7 Å². The van der Waals surface area contributed by atoms with E-state index in [9.17, 15) is 14.7 Å². The van der Waals surface area contributed by atoms with Crippen LogP contribution < -0.4 is 5.32 Å². The van der Waals surface area contributed by atoms with Gasteiger partial charge in [0, 0.05) is 11.4 Å². The summed E-state index contributed by atoms with van der Waals surface area (Å²) in [6.07, 6.45) is 6.95. The number of carbonyl (C=O) groups is 2. The Bertz CT molecular complexity index is 1130. The Hall–Kier alpha value is -3.03. The van der Waals surface area contributed by atoms with E-state index in [1.807, 2.05) is 53.9 Å². The molecule has 0 unspecified atom stereocenters. The van der Waals surface area contributed by atoms with Crippen LogP contribution in [0.15, 0.2) is 77.4 Å². The summed E-state index contributed by atoms with van der Waals surface area (Å²) < 4.78 is 1.77. The minimum Gasteiger partial charge on any atom is -0.480 e. The molecule has 1 heterocycles. The number of aromatic nitrogens is 2. The topological polar surface area (TPSA) is 84.2 Å². The Morgan fingerprint density at radius 3 is 2.62 bits per heavy atom. The minimum absolute atomic E-state index is 0.183. The van der Waals surface area contributed by atoms with Gasteiger partial charge in [-0.05, 0) is 29.0 Å². The minimum atomic E-state index is -1.09. The fourth-order valence-electron chi connectivity index (χ4n) is 3.36. The van der Waals surface area contributed by atoms with Crippen LogP contribution in [0.1, 0.15) is 47.8 Å². The molecule has 1 atom stereocenters. The number of unbranched alkanes of at least 4 members (excludes halogenated alkanes) is 2. The molecule has 178 valence electrons. The SMILES string of the molecule is CCCCC=CSc1ncc(C(=O)N[C@@H](Cc2ccccc2)C(=O)O)n1Cc1ccccc1Cl. The number of rotatable bonds is 12. The number of nitrogens with one attached hydrogen (secondary N) is 1. The molecule has 34 heavy (non-hydrogen) atoms. The number of amides is 1. The molecule has 0 radical (unpaired) electrons. The summed E-state index contributed by atoms with van der Waals surface area (Å²) in [4.78, 5) is 29.5. The largest absolute Gasteiger partial charge is 0.480 e. The van der Waals surface area contributed by atoms with Crippen LogP contribution in [0.4, 0.5) is 0 Å². The van der Waals surface area contributed by atoms with Crippen LogP contribution in [0.5, 0.6) is 0 Å². The van der Waals surface area contributed by atoms with Crippen molar-refractivity contribution < 1.29 is 14.7 Å². The van der Waals surface area contributed by atoms with E-state index in [0.717, 1.165) is 30.4 Å². The highest BCUT2D eigenvalue weighted by Crippen LogP contribution is 2.24. The predicted octanol–water partition coefficient (Wildman–Crippen LogP) is 5.81. The molecular weight excluding hydrogens is 470 g/mol. The van der Waals surface area contributed by atoms with Crippen LogP contribution in [0.3, 0.4) is 0 Å². The Morgan fingerprint density at radius 2 is 1.91 bits per heavy atom. The lowest BCUT2D eigenvalue weighted by Gasteiger charge is -2.16. The highest BCUT2D eigenvalue weighted by Gasteiger charge is 2.24. The molecule has 3 rings (SSSR count). The zero-order valence-corrected chi connectivity index (χ0v) is 20.6. The maximum atomic E-state index is 13.2. The fraction of sp³-hybridized carbons (Fsp3) is 0.269. The summed E-state index contributed by atoms with van der Waals surface area (Å²) in [5, 5.41) is 15.5. The lowest BCUT2D eigenvalue weighted by Crippen LogP contribution is -2.43.